The van der Waals surface area contributed by atoms with E-state index in [0.717, 1.165) is 58.8 Å². The Balaban J connectivity index is 2.04. The van der Waals surface area contributed by atoms with Gasteiger partial charge in [-0.3, -0.25) is 15.3 Å². The zero-order valence-corrected chi connectivity index (χ0v) is 11.9. The molecular weight excluding hydrogens is 246 g/mol. The molecule has 0 aromatic rings. The second-order valence-electron chi connectivity index (χ2n) is 4.46. The fraction of sp³-hybridized carbons (Fsp3) is 0.917. The normalized spacial score (nSPS) is 17.5. The number of nitrogens with two attached hydrogens (primary N) is 1. The molecule has 1 aliphatic heterocycles. The Morgan fingerprint density at radius 1 is 1.37 bits per heavy atom. The first-order valence-corrected chi connectivity index (χ1v) is 6.91. The van der Waals surface area contributed by atoms with Crippen LogP contribution in [0.2, 0.25) is 0 Å². The number of nitrogens with one attached hydrogen (secondary N) is 2. The van der Waals surface area contributed by atoms with Crippen LogP contribution < -0.4 is 16.6 Å². The van der Waals surface area contributed by atoms with Gasteiger partial charge in [-0.05, 0) is 19.4 Å². The van der Waals surface area contributed by atoms with E-state index in [-0.39, 0.29) is 0 Å². The van der Waals surface area contributed by atoms with E-state index in [4.69, 9.17) is 15.3 Å². The molecule has 0 bridgehead atoms. The summed E-state index contributed by atoms with van der Waals surface area (Å²) >= 11 is 0. The van der Waals surface area contributed by atoms with Crippen molar-refractivity contribution in [2.24, 2.45) is 10.8 Å². The van der Waals surface area contributed by atoms with Gasteiger partial charge in [0.05, 0.1) is 13.2 Å². The predicted octanol–water partition coefficient (Wildman–Crippen LogP) is -0.846. The largest absolute Gasteiger partial charge is 0.385 e. The first-order chi connectivity index (χ1) is 9.36. The first kappa shape index (κ1) is 16.2. The zero-order chi connectivity index (χ0) is 13.8. The fourth-order valence-electron chi connectivity index (χ4n) is 1.89. The number of ether oxygens (including phenoxy) is 2. The van der Waals surface area contributed by atoms with Gasteiger partial charge in [0.15, 0.2) is 0 Å². The third kappa shape index (κ3) is 7.99. The van der Waals surface area contributed by atoms with Gasteiger partial charge >= 0.3 is 0 Å². The Bertz CT molecular complexity index is 244. The maximum atomic E-state index is 5.41. The SMILES string of the molecule is COCCCN=C(NN)NCCCN1CCOCC1. The van der Waals surface area contributed by atoms with Crippen LogP contribution in [0.3, 0.4) is 0 Å². The second-order valence-corrected chi connectivity index (χ2v) is 4.46. The van der Waals surface area contributed by atoms with Crippen molar-refractivity contribution < 1.29 is 9.47 Å². The Morgan fingerprint density at radius 3 is 2.84 bits per heavy atom. The lowest BCUT2D eigenvalue weighted by Crippen LogP contribution is -2.43. The highest BCUT2D eigenvalue weighted by atomic mass is 16.5. The van der Waals surface area contributed by atoms with Crippen molar-refractivity contribution in [3.05, 3.63) is 0 Å². The number of aliphatic imine (C=N–C) groups is 1. The molecule has 7 nitrogen and oxygen atoms in total. The molecule has 7 heteroatoms. The van der Waals surface area contributed by atoms with Crippen LogP contribution in [0.25, 0.3) is 0 Å². The number of nitrogens with zero attached hydrogens (tertiary/aromatic N) is 2. The second kappa shape index (κ2) is 11.0. The number of guanidine groups is 1. The summed E-state index contributed by atoms with van der Waals surface area (Å²) in [5.41, 5.74) is 2.58. The molecule has 0 spiro atoms. The third-order valence-corrected chi connectivity index (χ3v) is 2.96. The van der Waals surface area contributed by atoms with E-state index >= 15 is 0 Å². The van der Waals surface area contributed by atoms with Gasteiger partial charge in [0, 0.05) is 39.9 Å². The molecule has 1 rings (SSSR count). The minimum atomic E-state index is 0.651. The quantitative estimate of drug-likeness (QED) is 0.176. The van der Waals surface area contributed by atoms with Crippen LogP contribution >= 0.6 is 0 Å². The van der Waals surface area contributed by atoms with E-state index in [1.165, 1.54) is 0 Å². The van der Waals surface area contributed by atoms with Crippen LogP contribution in [-0.2, 0) is 9.47 Å². The molecule has 1 aliphatic rings. The third-order valence-electron chi connectivity index (χ3n) is 2.96. The molecule has 0 amide bonds. The lowest BCUT2D eigenvalue weighted by molar-refractivity contribution is 0.0376. The highest BCUT2D eigenvalue weighted by molar-refractivity contribution is 5.79. The van der Waals surface area contributed by atoms with Crippen molar-refractivity contribution in [3.8, 4) is 0 Å². The van der Waals surface area contributed by atoms with Crippen LogP contribution in [0.15, 0.2) is 4.99 Å². The van der Waals surface area contributed by atoms with Gasteiger partial charge < -0.3 is 14.8 Å². The van der Waals surface area contributed by atoms with E-state index < -0.39 is 0 Å². The molecule has 4 N–H and O–H groups in total. The molecule has 19 heavy (non-hydrogen) atoms. The molecule has 0 unspecified atom stereocenters. The van der Waals surface area contributed by atoms with Gasteiger partial charge in [-0.1, -0.05) is 0 Å². The Kier molecular flexibility index (Phi) is 9.34. The predicted molar refractivity (Wildman–Crippen MR) is 76.0 cm³/mol. The number of rotatable bonds is 8. The number of hydrogen-bond donors (Lipinski definition) is 3. The Morgan fingerprint density at radius 2 is 2.16 bits per heavy atom. The van der Waals surface area contributed by atoms with Gasteiger partial charge in [0.1, 0.15) is 0 Å². The number of hydrazine groups is 1. The molecule has 0 atom stereocenters. The summed E-state index contributed by atoms with van der Waals surface area (Å²) in [4.78, 5) is 6.73. The minimum Gasteiger partial charge on any atom is -0.385 e. The molecule has 0 aromatic carbocycles. The van der Waals surface area contributed by atoms with E-state index in [9.17, 15) is 0 Å². The van der Waals surface area contributed by atoms with Gasteiger partial charge in [-0.25, -0.2) is 5.84 Å². The van der Waals surface area contributed by atoms with Gasteiger partial charge in [0.2, 0.25) is 5.96 Å². The first-order valence-electron chi connectivity index (χ1n) is 6.91. The maximum Gasteiger partial charge on any atom is 0.205 e. The van der Waals surface area contributed by atoms with Crippen molar-refractivity contribution >= 4 is 5.96 Å². The van der Waals surface area contributed by atoms with Crippen LogP contribution in [0, 0.1) is 0 Å². The van der Waals surface area contributed by atoms with Crippen LogP contribution in [0.4, 0.5) is 0 Å². The molecule has 0 aliphatic carbocycles. The lowest BCUT2D eigenvalue weighted by atomic mass is 10.3. The molecule has 1 fully saturated rings. The Labute approximate surface area is 115 Å². The minimum absolute atomic E-state index is 0.651. The standard InChI is InChI=1S/C12H27N5O2/c1-18-9-3-5-15-12(16-13)14-4-2-6-17-7-10-19-11-8-17/h2-11,13H2,1H3,(H2,14,15,16). The summed E-state index contributed by atoms with van der Waals surface area (Å²) in [6, 6.07) is 0. The zero-order valence-electron chi connectivity index (χ0n) is 11.9. The molecule has 0 radical (unpaired) electrons. The summed E-state index contributed by atoms with van der Waals surface area (Å²) in [6.45, 7) is 7.15. The van der Waals surface area contributed by atoms with Gasteiger partial charge in [-0.15, -0.1) is 0 Å². The van der Waals surface area contributed by atoms with Crippen molar-refractivity contribution in [2.45, 2.75) is 12.8 Å². The van der Waals surface area contributed by atoms with E-state index in [1.54, 1.807) is 7.11 Å². The van der Waals surface area contributed by atoms with Gasteiger partial charge in [-0.2, -0.15) is 0 Å². The highest BCUT2D eigenvalue weighted by Crippen LogP contribution is 1.97. The molecular formula is C12H27N5O2. The topological polar surface area (TPSA) is 84.1 Å². The summed E-state index contributed by atoms with van der Waals surface area (Å²) in [5.74, 6) is 6.06. The number of morpholine rings is 1. The summed E-state index contributed by atoms with van der Waals surface area (Å²) < 4.78 is 10.3. The fourth-order valence-corrected chi connectivity index (χ4v) is 1.89. The van der Waals surface area contributed by atoms with Crippen LogP contribution in [0.1, 0.15) is 12.8 Å². The molecule has 0 saturated carbocycles. The summed E-state index contributed by atoms with van der Waals surface area (Å²) in [7, 11) is 1.69. The van der Waals surface area contributed by atoms with Crippen molar-refractivity contribution in [2.75, 3.05) is 59.7 Å². The smallest absolute Gasteiger partial charge is 0.205 e. The average Bonchev–Trinajstić information content (AvgIpc) is 2.46. The van der Waals surface area contributed by atoms with E-state index in [1.807, 2.05) is 0 Å². The van der Waals surface area contributed by atoms with E-state index in [2.05, 4.69) is 20.6 Å². The van der Waals surface area contributed by atoms with Crippen molar-refractivity contribution in [1.29, 1.82) is 0 Å². The average molecular weight is 273 g/mol. The number of methoxy groups -OCH3 is 1. The molecule has 1 saturated heterocycles. The van der Waals surface area contributed by atoms with Crippen molar-refractivity contribution in [3.63, 3.8) is 0 Å². The van der Waals surface area contributed by atoms with Crippen LogP contribution in [-0.4, -0.2) is 70.5 Å². The lowest BCUT2D eigenvalue weighted by Gasteiger charge is -2.26. The summed E-state index contributed by atoms with van der Waals surface area (Å²) in [5, 5.41) is 3.20. The molecule has 112 valence electrons. The summed E-state index contributed by atoms with van der Waals surface area (Å²) in [6.07, 6.45) is 1.97. The molecule has 1 heterocycles. The monoisotopic (exact) mass is 273 g/mol. The Hall–Kier alpha value is -0.890. The van der Waals surface area contributed by atoms with E-state index in [0.29, 0.717) is 12.5 Å². The number of hydrogen-bond acceptors (Lipinski definition) is 5. The van der Waals surface area contributed by atoms with Crippen molar-refractivity contribution in [1.82, 2.24) is 15.6 Å². The molecule has 0 aromatic heterocycles. The maximum absolute atomic E-state index is 5.41. The van der Waals surface area contributed by atoms with Crippen LogP contribution in [0.5, 0.6) is 0 Å². The van der Waals surface area contributed by atoms with Gasteiger partial charge in [0.25, 0.3) is 0 Å². The highest BCUT2D eigenvalue weighted by Gasteiger charge is 2.09.